The fourth-order valence-electron chi connectivity index (χ4n) is 1.71. The zero-order valence-electron chi connectivity index (χ0n) is 10.4. The highest BCUT2D eigenvalue weighted by Gasteiger charge is 2.14. The van der Waals surface area contributed by atoms with Crippen LogP contribution in [-0.4, -0.2) is 24.4 Å². The van der Waals surface area contributed by atoms with Gasteiger partial charge < -0.3 is 10.6 Å². The van der Waals surface area contributed by atoms with E-state index in [4.69, 9.17) is 5.73 Å². The molecule has 88 valence electrons. The number of carbonyl (C=O) groups excluding carboxylic acids is 1. The molecular formula is C13H20N2O. The lowest BCUT2D eigenvalue weighted by Gasteiger charge is -2.20. The quantitative estimate of drug-likeness (QED) is 0.794. The van der Waals surface area contributed by atoms with Gasteiger partial charge in [-0.2, -0.15) is 0 Å². The number of hydrogen-bond donors (Lipinski definition) is 1. The molecule has 3 heteroatoms. The predicted octanol–water partition coefficient (Wildman–Crippen LogP) is 2.31. The summed E-state index contributed by atoms with van der Waals surface area (Å²) < 4.78 is 0. The predicted molar refractivity (Wildman–Crippen MR) is 67.4 cm³/mol. The first-order chi connectivity index (χ1) is 7.41. The van der Waals surface area contributed by atoms with Gasteiger partial charge in [-0.15, -0.1) is 0 Å². The molecule has 0 saturated carbocycles. The van der Waals surface area contributed by atoms with Crippen molar-refractivity contribution in [3.8, 4) is 0 Å². The topological polar surface area (TPSA) is 46.3 Å². The van der Waals surface area contributed by atoms with Crippen LogP contribution in [0.1, 0.15) is 29.8 Å². The summed E-state index contributed by atoms with van der Waals surface area (Å²) >= 11 is 0. The number of benzene rings is 1. The number of nitrogens with zero attached hydrogens (tertiary/aromatic N) is 1. The van der Waals surface area contributed by atoms with E-state index in [1.165, 1.54) is 0 Å². The van der Waals surface area contributed by atoms with E-state index >= 15 is 0 Å². The normalized spacial score (nSPS) is 10.6. The Balaban J connectivity index is 2.91. The number of anilines is 1. The van der Waals surface area contributed by atoms with Crippen molar-refractivity contribution in [1.82, 2.24) is 4.90 Å². The summed E-state index contributed by atoms with van der Waals surface area (Å²) in [6.07, 6.45) is 0. The zero-order chi connectivity index (χ0) is 12.3. The van der Waals surface area contributed by atoms with Crippen LogP contribution in [0.25, 0.3) is 0 Å². The van der Waals surface area contributed by atoms with Crippen molar-refractivity contribution < 1.29 is 4.79 Å². The number of hydrogen-bond acceptors (Lipinski definition) is 2. The van der Waals surface area contributed by atoms with Crippen LogP contribution in [-0.2, 0) is 0 Å². The smallest absolute Gasteiger partial charge is 0.253 e. The highest BCUT2D eigenvalue weighted by molar-refractivity contribution is 5.96. The Kier molecular flexibility index (Phi) is 3.93. The molecule has 16 heavy (non-hydrogen) atoms. The third-order valence-electron chi connectivity index (χ3n) is 2.48. The van der Waals surface area contributed by atoms with Gasteiger partial charge in [0.25, 0.3) is 5.91 Å². The second-order valence-electron chi connectivity index (χ2n) is 4.65. The molecule has 2 N–H and O–H groups in total. The fourth-order valence-corrected chi connectivity index (χ4v) is 1.71. The van der Waals surface area contributed by atoms with Crippen LogP contribution in [0.2, 0.25) is 0 Å². The molecule has 1 aromatic carbocycles. The van der Waals surface area contributed by atoms with Gasteiger partial charge in [0.1, 0.15) is 0 Å². The van der Waals surface area contributed by atoms with Crippen LogP contribution >= 0.6 is 0 Å². The first-order valence-corrected chi connectivity index (χ1v) is 5.53. The van der Waals surface area contributed by atoms with E-state index in [1.54, 1.807) is 11.0 Å². The van der Waals surface area contributed by atoms with Crippen LogP contribution in [0, 0.1) is 12.8 Å². The molecule has 0 aromatic heterocycles. The minimum absolute atomic E-state index is 0.0403. The van der Waals surface area contributed by atoms with Crippen molar-refractivity contribution in [2.24, 2.45) is 5.92 Å². The van der Waals surface area contributed by atoms with Gasteiger partial charge in [0.05, 0.1) is 0 Å². The Bertz CT molecular complexity index is 386. The van der Waals surface area contributed by atoms with E-state index in [2.05, 4.69) is 13.8 Å². The highest BCUT2D eigenvalue weighted by atomic mass is 16.2. The maximum atomic E-state index is 12.1. The highest BCUT2D eigenvalue weighted by Crippen LogP contribution is 2.15. The van der Waals surface area contributed by atoms with E-state index in [1.807, 2.05) is 26.1 Å². The van der Waals surface area contributed by atoms with E-state index in [0.29, 0.717) is 17.2 Å². The average molecular weight is 220 g/mol. The average Bonchev–Trinajstić information content (AvgIpc) is 2.19. The van der Waals surface area contributed by atoms with E-state index in [9.17, 15) is 4.79 Å². The number of aryl methyl sites for hydroxylation is 1. The van der Waals surface area contributed by atoms with Crippen LogP contribution in [0.3, 0.4) is 0 Å². The molecule has 1 rings (SSSR count). The lowest BCUT2D eigenvalue weighted by atomic mass is 10.1. The van der Waals surface area contributed by atoms with Gasteiger partial charge in [-0.3, -0.25) is 4.79 Å². The van der Waals surface area contributed by atoms with Crippen molar-refractivity contribution in [2.45, 2.75) is 20.8 Å². The Hall–Kier alpha value is -1.51. The SMILES string of the molecule is Cc1ccc(N)cc1C(=O)N(C)CC(C)C. The molecule has 0 aliphatic rings. The van der Waals surface area contributed by atoms with Gasteiger partial charge in [-0.25, -0.2) is 0 Å². The summed E-state index contributed by atoms with van der Waals surface area (Å²) in [5, 5.41) is 0. The maximum absolute atomic E-state index is 12.1. The second-order valence-corrected chi connectivity index (χ2v) is 4.65. The fraction of sp³-hybridized carbons (Fsp3) is 0.462. The number of nitrogens with two attached hydrogens (primary N) is 1. The Morgan fingerprint density at radius 3 is 2.62 bits per heavy atom. The van der Waals surface area contributed by atoms with Crippen LogP contribution in [0.15, 0.2) is 18.2 Å². The molecule has 0 saturated heterocycles. The molecule has 3 nitrogen and oxygen atoms in total. The molecule has 0 unspecified atom stereocenters. The molecule has 0 heterocycles. The molecule has 0 fully saturated rings. The van der Waals surface area contributed by atoms with Gasteiger partial charge in [0.15, 0.2) is 0 Å². The van der Waals surface area contributed by atoms with Crippen molar-refractivity contribution in [1.29, 1.82) is 0 Å². The molecule has 0 aliphatic heterocycles. The van der Waals surface area contributed by atoms with Crippen molar-refractivity contribution >= 4 is 11.6 Å². The zero-order valence-corrected chi connectivity index (χ0v) is 10.4. The Morgan fingerprint density at radius 2 is 2.06 bits per heavy atom. The Morgan fingerprint density at radius 1 is 1.44 bits per heavy atom. The number of amides is 1. The Labute approximate surface area is 97.2 Å². The van der Waals surface area contributed by atoms with Gasteiger partial charge in [0, 0.05) is 24.8 Å². The molecular weight excluding hydrogens is 200 g/mol. The number of carbonyl (C=O) groups is 1. The third kappa shape index (κ3) is 2.99. The van der Waals surface area contributed by atoms with E-state index < -0.39 is 0 Å². The summed E-state index contributed by atoms with van der Waals surface area (Å²) in [5.74, 6) is 0.508. The van der Waals surface area contributed by atoms with Crippen LogP contribution < -0.4 is 5.73 Å². The molecule has 0 bridgehead atoms. The second kappa shape index (κ2) is 5.01. The third-order valence-corrected chi connectivity index (χ3v) is 2.48. The summed E-state index contributed by atoms with van der Waals surface area (Å²) in [4.78, 5) is 13.9. The van der Waals surface area contributed by atoms with Gasteiger partial charge in [0.2, 0.25) is 0 Å². The van der Waals surface area contributed by atoms with Crippen LogP contribution in [0.4, 0.5) is 5.69 Å². The summed E-state index contributed by atoms with van der Waals surface area (Å²) in [6, 6.07) is 5.44. The lowest BCUT2D eigenvalue weighted by molar-refractivity contribution is 0.0778. The van der Waals surface area contributed by atoms with Crippen molar-refractivity contribution in [3.63, 3.8) is 0 Å². The molecule has 1 aromatic rings. The minimum atomic E-state index is 0.0403. The molecule has 0 atom stereocenters. The van der Waals surface area contributed by atoms with E-state index in [0.717, 1.165) is 12.1 Å². The molecule has 0 aliphatic carbocycles. The van der Waals surface area contributed by atoms with Gasteiger partial charge in [-0.1, -0.05) is 19.9 Å². The monoisotopic (exact) mass is 220 g/mol. The van der Waals surface area contributed by atoms with E-state index in [-0.39, 0.29) is 5.91 Å². The van der Waals surface area contributed by atoms with Crippen LogP contribution in [0.5, 0.6) is 0 Å². The number of rotatable bonds is 3. The van der Waals surface area contributed by atoms with Crippen molar-refractivity contribution in [3.05, 3.63) is 29.3 Å². The standard InChI is InChI=1S/C13H20N2O/c1-9(2)8-15(4)13(16)12-7-11(14)6-5-10(12)3/h5-7,9H,8,14H2,1-4H3. The lowest BCUT2D eigenvalue weighted by Crippen LogP contribution is -2.30. The first kappa shape index (κ1) is 12.6. The molecule has 0 radical (unpaired) electrons. The van der Waals surface area contributed by atoms with Crippen molar-refractivity contribution in [2.75, 3.05) is 19.3 Å². The largest absolute Gasteiger partial charge is 0.399 e. The molecule has 0 spiro atoms. The first-order valence-electron chi connectivity index (χ1n) is 5.53. The van der Waals surface area contributed by atoms with Gasteiger partial charge >= 0.3 is 0 Å². The summed E-state index contributed by atoms with van der Waals surface area (Å²) in [6.45, 7) is 6.87. The maximum Gasteiger partial charge on any atom is 0.253 e. The summed E-state index contributed by atoms with van der Waals surface area (Å²) in [5.41, 5.74) is 7.99. The number of nitrogen functional groups attached to an aromatic ring is 1. The minimum Gasteiger partial charge on any atom is -0.399 e. The summed E-state index contributed by atoms with van der Waals surface area (Å²) in [7, 11) is 1.82. The molecule has 1 amide bonds. The van der Waals surface area contributed by atoms with Gasteiger partial charge in [-0.05, 0) is 30.5 Å².